The average Bonchev–Trinajstić information content (AvgIpc) is 2.73. The molecule has 2 aromatic carbocycles. The first-order valence-electron chi connectivity index (χ1n) is 9.25. The number of halogens is 2. The van der Waals surface area contributed by atoms with Gasteiger partial charge in [-0.25, -0.2) is 5.43 Å². The summed E-state index contributed by atoms with van der Waals surface area (Å²) in [5.74, 6) is 1.05. The van der Waals surface area contributed by atoms with Crippen LogP contribution in [0.15, 0.2) is 44.4 Å². The number of carbonyl (C=O) groups is 1. The monoisotopic (exact) mass is 526 g/mol. The van der Waals surface area contributed by atoms with Gasteiger partial charge in [-0.15, -0.1) is 0 Å². The minimum Gasteiger partial charge on any atom is -0.503 e. The Balaban J connectivity index is 1.93. The summed E-state index contributed by atoms with van der Waals surface area (Å²) < 4.78 is 11.9. The standard InChI is InChI=1S/C21H24Br2N2O4/c1-4-13(3)14-6-8-16(9-7-14)29-12-18(26)25-24-11-15-10-17(28-5-2)21(27)20(23)19(15)22/h6-11,13,27H,4-5,12H2,1-3H3,(H,25,26)/b24-11-/t13-/m0/s1. The van der Waals surface area contributed by atoms with Gasteiger partial charge in [0.05, 0.1) is 17.3 Å². The van der Waals surface area contributed by atoms with Gasteiger partial charge >= 0.3 is 0 Å². The van der Waals surface area contributed by atoms with Crippen molar-refractivity contribution >= 4 is 44.0 Å². The predicted molar refractivity (Wildman–Crippen MR) is 121 cm³/mol. The van der Waals surface area contributed by atoms with Gasteiger partial charge in [0.25, 0.3) is 5.91 Å². The van der Waals surface area contributed by atoms with Crippen LogP contribution in [0.3, 0.4) is 0 Å². The van der Waals surface area contributed by atoms with Crippen molar-refractivity contribution in [2.45, 2.75) is 33.1 Å². The summed E-state index contributed by atoms with van der Waals surface area (Å²) in [6.45, 7) is 6.40. The lowest BCUT2D eigenvalue weighted by Gasteiger charge is -2.11. The molecular formula is C21H24Br2N2O4. The molecule has 0 aromatic heterocycles. The lowest BCUT2D eigenvalue weighted by molar-refractivity contribution is -0.123. The molecule has 0 heterocycles. The van der Waals surface area contributed by atoms with E-state index < -0.39 is 0 Å². The van der Waals surface area contributed by atoms with E-state index >= 15 is 0 Å². The lowest BCUT2D eigenvalue weighted by Crippen LogP contribution is -2.24. The number of phenolic OH excluding ortho intramolecular Hbond substituents is 1. The molecule has 29 heavy (non-hydrogen) atoms. The number of hydrogen-bond acceptors (Lipinski definition) is 5. The molecule has 0 unspecified atom stereocenters. The van der Waals surface area contributed by atoms with Crippen molar-refractivity contribution in [3.05, 3.63) is 50.4 Å². The maximum absolute atomic E-state index is 12.0. The molecule has 0 fully saturated rings. The SMILES string of the molecule is CCOc1cc(/C=N\NC(=O)COc2ccc([C@@H](C)CC)cc2)c(Br)c(Br)c1O. The van der Waals surface area contributed by atoms with Crippen molar-refractivity contribution in [1.82, 2.24) is 5.43 Å². The van der Waals surface area contributed by atoms with Gasteiger partial charge in [0, 0.05) is 10.0 Å². The van der Waals surface area contributed by atoms with Crippen LogP contribution in [0.2, 0.25) is 0 Å². The number of rotatable bonds is 9. The van der Waals surface area contributed by atoms with Crippen LogP contribution in [0.5, 0.6) is 17.2 Å². The number of hydrazone groups is 1. The molecule has 0 spiro atoms. The Hall–Kier alpha value is -2.06. The second-order valence-corrected chi connectivity index (χ2v) is 7.92. The number of ether oxygens (including phenoxy) is 2. The predicted octanol–water partition coefficient (Wildman–Crippen LogP) is 5.36. The van der Waals surface area contributed by atoms with Gasteiger partial charge < -0.3 is 14.6 Å². The van der Waals surface area contributed by atoms with Crippen molar-refractivity contribution in [3.63, 3.8) is 0 Å². The summed E-state index contributed by atoms with van der Waals surface area (Å²) in [5.41, 5.74) is 4.29. The van der Waals surface area contributed by atoms with Crippen molar-refractivity contribution in [2.24, 2.45) is 5.10 Å². The number of phenols is 1. The number of benzene rings is 2. The third-order valence-electron chi connectivity index (χ3n) is 4.30. The molecule has 8 heteroatoms. The van der Waals surface area contributed by atoms with Crippen LogP contribution >= 0.6 is 31.9 Å². The molecule has 2 aromatic rings. The third-order valence-corrected chi connectivity index (χ3v) is 6.46. The number of amides is 1. The highest BCUT2D eigenvalue weighted by molar-refractivity contribution is 9.13. The van der Waals surface area contributed by atoms with E-state index in [1.54, 1.807) is 6.07 Å². The first-order valence-corrected chi connectivity index (χ1v) is 10.8. The Morgan fingerprint density at radius 3 is 2.52 bits per heavy atom. The molecule has 0 bridgehead atoms. The topological polar surface area (TPSA) is 80.2 Å². The zero-order chi connectivity index (χ0) is 21.4. The first kappa shape index (κ1) is 23.2. The van der Waals surface area contributed by atoms with Crippen LogP contribution in [0, 0.1) is 0 Å². The fourth-order valence-corrected chi connectivity index (χ4v) is 3.28. The Bertz CT molecular complexity index is 870. The maximum atomic E-state index is 12.0. The molecule has 156 valence electrons. The molecule has 2 N–H and O–H groups in total. The van der Waals surface area contributed by atoms with Crippen LogP contribution in [0.4, 0.5) is 0 Å². The molecular weight excluding hydrogens is 504 g/mol. The van der Waals surface area contributed by atoms with Crippen LogP contribution < -0.4 is 14.9 Å². The zero-order valence-electron chi connectivity index (χ0n) is 16.5. The normalized spacial score (nSPS) is 12.0. The van der Waals surface area contributed by atoms with E-state index in [0.29, 0.717) is 38.5 Å². The van der Waals surface area contributed by atoms with Crippen LogP contribution in [-0.2, 0) is 4.79 Å². The molecule has 0 radical (unpaired) electrons. The quantitative estimate of drug-likeness (QED) is 0.340. The second-order valence-electron chi connectivity index (χ2n) is 6.33. The van der Waals surface area contributed by atoms with E-state index in [9.17, 15) is 9.90 Å². The second kappa shape index (κ2) is 11.2. The minimum absolute atomic E-state index is 0.00680. The molecule has 2 rings (SSSR count). The van der Waals surface area contributed by atoms with Gasteiger partial charge in [-0.2, -0.15) is 5.10 Å². The van der Waals surface area contributed by atoms with Gasteiger partial charge in [-0.3, -0.25) is 4.79 Å². The van der Waals surface area contributed by atoms with E-state index in [1.165, 1.54) is 11.8 Å². The Kier molecular flexibility index (Phi) is 8.98. The smallest absolute Gasteiger partial charge is 0.277 e. The highest BCUT2D eigenvalue weighted by atomic mass is 79.9. The summed E-state index contributed by atoms with van der Waals surface area (Å²) in [5, 5.41) is 14.0. The van der Waals surface area contributed by atoms with E-state index in [0.717, 1.165) is 6.42 Å². The van der Waals surface area contributed by atoms with Crippen molar-refractivity contribution in [3.8, 4) is 17.2 Å². The first-order chi connectivity index (χ1) is 13.9. The molecule has 0 aliphatic rings. The number of carbonyl (C=O) groups excluding carboxylic acids is 1. The fourth-order valence-electron chi connectivity index (χ4n) is 2.45. The largest absolute Gasteiger partial charge is 0.503 e. The third kappa shape index (κ3) is 6.47. The molecule has 0 aliphatic heterocycles. The molecule has 1 amide bonds. The Labute approximate surface area is 187 Å². The van der Waals surface area contributed by atoms with Crippen molar-refractivity contribution in [2.75, 3.05) is 13.2 Å². The van der Waals surface area contributed by atoms with Gasteiger partial charge in [-0.1, -0.05) is 26.0 Å². The summed E-state index contributed by atoms with van der Waals surface area (Å²) in [6, 6.07) is 9.36. The van der Waals surface area contributed by atoms with Crippen LogP contribution in [-0.4, -0.2) is 30.4 Å². The van der Waals surface area contributed by atoms with Crippen LogP contribution in [0.1, 0.15) is 44.2 Å². The number of nitrogens with zero attached hydrogens (tertiary/aromatic N) is 1. The van der Waals surface area contributed by atoms with E-state index in [-0.39, 0.29) is 18.3 Å². The molecule has 1 atom stereocenters. The van der Waals surface area contributed by atoms with Crippen molar-refractivity contribution in [1.29, 1.82) is 0 Å². The fraction of sp³-hybridized carbons (Fsp3) is 0.333. The summed E-state index contributed by atoms with van der Waals surface area (Å²) in [4.78, 5) is 12.0. The summed E-state index contributed by atoms with van der Waals surface area (Å²) in [7, 11) is 0. The number of nitrogens with one attached hydrogen (secondary N) is 1. The lowest BCUT2D eigenvalue weighted by atomic mass is 9.99. The molecule has 6 nitrogen and oxygen atoms in total. The molecule has 0 saturated carbocycles. The van der Waals surface area contributed by atoms with E-state index in [2.05, 4.69) is 56.2 Å². The van der Waals surface area contributed by atoms with Gasteiger partial charge in [-0.05, 0) is 74.9 Å². The maximum Gasteiger partial charge on any atom is 0.277 e. The number of aromatic hydroxyl groups is 1. The summed E-state index contributed by atoms with van der Waals surface area (Å²) >= 11 is 6.67. The summed E-state index contributed by atoms with van der Waals surface area (Å²) in [6.07, 6.45) is 2.52. The molecule has 0 saturated heterocycles. The highest BCUT2D eigenvalue weighted by Crippen LogP contribution is 2.41. The van der Waals surface area contributed by atoms with Crippen LogP contribution in [0.25, 0.3) is 0 Å². The van der Waals surface area contributed by atoms with Gasteiger partial charge in [0.15, 0.2) is 18.1 Å². The highest BCUT2D eigenvalue weighted by Gasteiger charge is 2.14. The van der Waals surface area contributed by atoms with Gasteiger partial charge in [0.2, 0.25) is 0 Å². The van der Waals surface area contributed by atoms with Crippen molar-refractivity contribution < 1.29 is 19.4 Å². The Morgan fingerprint density at radius 2 is 1.90 bits per heavy atom. The minimum atomic E-state index is -0.383. The van der Waals surface area contributed by atoms with E-state index in [4.69, 9.17) is 9.47 Å². The zero-order valence-corrected chi connectivity index (χ0v) is 19.7. The Morgan fingerprint density at radius 1 is 1.21 bits per heavy atom. The van der Waals surface area contributed by atoms with E-state index in [1.807, 2.05) is 31.2 Å². The number of hydrogen-bond donors (Lipinski definition) is 2. The average molecular weight is 528 g/mol. The van der Waals surface area contributed by atoms with Gasteiger partial charge in [0.1, 0.15) is 5.75 Å². The molecule has 0 aliphatic carbocycles.